The summed E-state index contributed by atoms with van der Waals surface area (Å²) in [6.45, 7) is 9.57. The van der Waals surface area contributed by atoms with Gasteiger partial charge in [0.1, 0.15) is 23.5 Å². The number of aromatic nitrogens is 3. The summed E-state index contributed by atoms with van der Waals surface area (Å²) < 4.78 is 19.8. The number of likely N-dealkylation sites (tertiary alicyclic amines) is 1. The van der Waals surface area contributed by atoms with E-state index in [1.807, 2.05) is 26.0 Å². The Morgan fingerprint density at radius 2 is 1.91 bits per heavy atom. The zero-order valence-electron chi connectivity index (χ0n) is 20.7. The first-order valence-electron chi connectivity index (χ1n) is 12.8. The topological polar surface area (TPSA) is 87.7 Å². The molecule has 0 unspecified atom stereocenters. The van der Waals surface area contributed by atoms with Gasteiger partial charge in [-0.1, -0.05) is 12.1 Å². The molecule has 0 spiro atoms. The Balaban J connectivity index is 1.32. The molecular formula is C26H36N5O3P. The number of fused-ring (bicyclic) bond motifs is 1. The zero-order valence-corrected chi connectivity index (χ0v) is 21.6. The fraction of sp³-hybridized carbons (Fsp3) is 0.538. The lowest BCUT2D eigenvalue weighted by Gasteiger charge is -2.42. The molecule has 0 bridgehead atoms. The highest BCUT2D eigenvalue weighted by atomic mass is 31.2. The third kappa shape index (κ3) is 5.46. The molecule has 1 saturated carbocycles. The summed E-state index contributed by atoms with van der Waals surface area (Å²) >= 11 is 0. The van der Waals surface area contributed by atoms with Crippen LogP contribution in [0.15, 0.2) is 36.8 Å². The first-order chi connectivity index (χ1) is 17.2. The number of ether oxygens (including phenoxy) is 1. The molecule has 0 amide bonds. The quantitative estimate of drug-likeness (QED) is 0.348. The highest BCUT2D eigenvalue weighted by molar-refractivity contribution is 7.47. The number of hydrogen-bond acceptors (Lipinski definition) is 7. The minimum absolute atomic E-state index is 0.461. The molecule has 1 aliphatic heterocycles. The number of rotatable bonds is 12. The average Bonchev–Trinajstić information content (AvgIpc) is 3.18. The van der Waals surface area contributed by atoms with Gasteiger partial charge in [0.05, 0.1) is 31.4 Å². The van der Waals surface area contributed by atoms with Gasteiger partial charge >= 0.3 is 0 Å². The third-order valence-corrected chi connectivity index (χ3v) is 8.58. The van der Waals surface area contributed by atoms with Gasteiger partial charge in [0, 0.05) is 24.3 Å². The molecule has 35 heavy (non-hydrogen) atoms. The molecule has 2 aliphatic rings. The van der Waals surface area contributed by atoms with Gasteiger partial charge in [-0.25, -0.2) is 9.97 Å². The number of hydrogen-bond donors (Lipinski definition) is 1. The van der Waals surface area contributed by atoms with Crippen molar-refractivity contribution in [3.63, 3.8) is 0 Å². The van der Waals surface area contributed by atoms with Gasteiger partial charge in [-0.15, -0.1) is 0 Å². The van der Waals surface area contributed by atoms with Gasteiger partial charge in [-0.3, -0.25) is 0 Å². The summed E-state index contributed by atoms with van der Waals surface area (Å²) in [5.41, 5.74) is 9.40. The zero-order chi connectivity index (χ0) is 24.2. The molecule has 2 N–H and O–H groups in total. The summed E-state index contributed by atoms with van der Waals surface area (Å²) in [5, 5.41) is 0.923. The van der Waals surface area contributed by atoms with E-state index in [4.69, 9.17) is 19.5 Å². The van der Waals surface area contributed by atoms with Crippen LogP contribution in [0, 0.1) is 5.92 Å². The normalized spacial score (nSPS) is 20.2. The minimum Gasteiger partial charge on any atom is -0.493 e. The second-order valence-corrected chi connectivity index (χ2v) is 11.0. The van der Waals surface area contributed by atoms with Gasteiger partial charge in [0.15, 0.2) is 8.38 Å². The van der Waals surface area contributed by atoms with E-state index in [9.17, 15) is 0 Å². The van der Waals surface area contributed by atoms with Crippen LogP contribution < -0.4 is 10.5 Å². The van der Waals surface area contributed by atoms with Crippen molar-refractivity contribution in [1.82, 2.24) is 19.4 Å². The fourth-order valence-electron chi connectivity index (χ4n) is 5.06. The van der Waals surface area contributed by atoms with Crippen molar-refractivity contribution in [3.05, 3.63) is 36.8 Å². The third-order valence-electron chi connectivity index (χ3n) is 6.94. The first-order valence-corrected chi connectivity index (χ1v) is 14.1. The van der Waals surface area contributed by atoms with Crippen molar-refractivity contribution >= 4 is 25.2 Å². The average molecular weight is 498 g/mol. The van der Waals surface area contributed by atoms with E-state index in [-0.39, 0.29) is 0 Å². The number of nitrogens with zero attached hydrogens (tertiary/aromatic N) is 4. The Kier molecular flexibility index (Phi) is 7.83. The predicted molar refractivity (Wildman–Crippen MR) is 141 cm³/mol. The van der Waals surface area contributed by atoms with Crippen LogP contribution in [0.5, 0.6) is 5.75 Å². The summed E-state index contributed by atoms with van der Waals surface area (Å²) in [6, 6.07) is 8.64. The maximum absolute atomic E-state index is 6.37. The standard InChI is InChI=1S/C26H36N5O3P/c1-3-33-35(34-4-2)12-11-32-22-8-5-7-20(15-22)23-17-31(26-24(23)25(27)28-18-29-26)21-13-19(14-21)16-30-9-6-10-30/h5,7-8,15,17-19,21H,3-4,6,9-14,16H2,1-2H3,(H2,27,28,29). The van der Waals surface area contributed by atoms with Gasteiger partial charge in [0.2, 0.25) is 0 Å². The number of anilines is 1. The maximum atomic E-state index is 6.37. The van der Waals surface area contributed by atoms with Crippen LogP contribution in [-0.2, 0) is 9.05 Å². The van der Waals surface area contributed by atoms with Crippen LogP contribution in [0.2, 0.25) is 0 Å². The molecule has 5 rings (SSSR count). The van der Waals surface area contributed by atoms with E-state index in [1.54, 1.807) is 6.33 Å². The van der Waals surface area contributed by atoms with E-state index in [2.05, 4.69) is 37.8 Å². The first kappa shape index (κ1) is 24.4. The van der Waals surface area contributed by atoms with Gasteiger partial charge < -0.3 is 29.0 Å². The van der Waals surface area contributed by atoms with Crippen LogP contribution in [0.4, 0.5) is 5.82 Å². The number of benzene rings is 1. The molecule has 0 radical (unpaired) electrons. The van der Waals surface area contributed by atoms with Crippen LogP contribution >= 0.6 is 8.38 Å². The fourth-order valence-corrected chi connectivity index (χ4v) is 6.21. The molecular weight excluding hydrogens is 461 g/mol. The molecule has 1 aliphatic carbocycles. The largest absolute Gasteiger partial charge is 0.493 e. The van der Waals surface area contributed by atoms with Crippen LogP contribution in [0.3, 0.4) is 0 Å². The minimum atomic E-state index is -0.908. The van der Waals surface area contributed by atoms with Crippen molar-refractivity contribution < 1.29 is 13.8 Å². The van der Waals surface area contributed by atoms with Crippen LogP contribution in [-0.4, -0.2) is 65.1 Å². The Hall–Kier alpha value is -2.25. The van der Waals surface area contributed by atoms with Gasteiger partial charge in [0.25, 0.3) is 0 Å². The Morgan fingerprint density at radius 3 is 2.63 bits per heavy atom. The highest BCUT2D eigenvalue weighted by Crippen LogP contribution is 2.44. The van der Waals surface area contributed by atoms with Gasteiger partial charge in [-0.2, -0.15) is 0 Å². The molecule has 9 heteroatoms. The Bertz CT molecular complexity index is 1120. The molecule has 0 atom stereocenters. The van der Waals surface area contributed by atoms with Crippen LogP contribution in [0.25, 0.3) is 22.2 Å². The van der Waals surface area contributed by atoms with E-state index >= 15 is 0 Å². The molecule has 1 saturated heterocycles. The molecule has 8 nitrogen and oxygen atoms in total. The molecule has 2 aromatic heterocycles. The van der Waals surface area contributed by atoms with Crippen molar-refractivity contribution in [1.29, 1.82) is 0 Å². The molecule has 188 valence electrons. The number of nitrogen functional groups attached to an aromatic ring is 1. The lowest BCUT2D eigenvalue weighted by molar-refractivity contribution is 0.0921. The predicted octanol–water partition coefficient (Wildman–Crippen LogP) is 5.10. The number of nitrogens with two attached hydrogens (primary N) is 1. The second-order valence-electron chi connectivity index (χ2n) is 9.32. The van der Waals surface area contributed by atoms with Gasteiger partial charge in [-0.05, 0) is 69.8 Å². The Morgan fingerprint density at radius 1 is 1.11 bits per heavy atom. The molecule has 3 heterocycles. The lowest BCUT2D eigenvalue weighted by atomic mass is 9.79. The Labute approximate surface area is 208 Å². The summed E-state index contributed by atoms with van der Waals surface area (Å²) in [6.07, 6.45) is 8.25. The second kappa shape index (κ2) is 11.2. The van der Waals surface area contributed by atoms with E-state index in [0.29, 0.717) is 31.7 Å². The summed E-state index contributed by atoms with van der Waals surface area (Å²) in [7, 11) is -0.908. The molecule has 2 fully saturated rings. The van der Waals surface area contributed by atoms with Crippen molar-refractivity contribution in [2.24, 2.45) is 5.92 Å². The van der Waals surface area contributed by atoms with Crippen LogP contribution in [0.1, 0.15) is 39.2 Å². The maximum Gasteiger partial charge on any atom is 0.173 e. The lowest BCUT2D eigenvalue weighted by Crippen LogP contribution is -2.43. The molecule has 1 aromatic carbocycles. The van der Waals surface area contributed by atoms with Crippen molar-refractivity contribution in [2.75, 3.05) is 51.4 Å². The van der Waals surface area contributed by atoms with Crippen molar-refractivity contribution in [2.45, 2.75) is 39.2 Å². The summed E-state index contributed by atoms with van der Waals surface area (Å²) in [5.74, 6) is 2.11. The van der Waals surface area contributed by atoms with Crippen molar-refractivity contribution in [3.8, 4) is 16.9 Å². The smallest absolute Gasteiger partial charge is 0.173 e. The van der Waals surface area contributed by atoms with E-state index in [0.717, 1.165) is 40.0 Å². The van der Waals surface area contributed by atoms with E-state index in [1.165, 1.54) is 38.9 Å². The molecule has 3 aromatic rings. The SMILES string of the molecule is CCOP(CCOc1cccc(-c2cn(C3CC(CN4CCC4)C3)c3ncnc(N)c23)c1)OCC. The van der Waals surface area contributed by atoms with E-state index < -0.39 is 8.38 Å². The monoisotopic (exact) mass is 497 g/mol. The highest BCUT2D eigenvalue weighted by Gasteiger charge is 2.34. The summed E-state index contributed by atoms with van der Waals surface area (Å²) in [4.78, 5) is 11.5.